The maximum Gasteiger partial charge on any atom is 0.0339 e. The molecule has 2 aliphatic rings. The molecule has 0 aromatic rings. The van der Waals surface area contributed by atoms with Gasteiger partial charge in [-0.05, 0) is 77.9 Å². The van der Waals surface area contributed by atoms with Crippen molar-refractivity contribution in [3.05, 3.63) is 0 Å². The Kier molecular flexibility index (Phi) is 5.34. The van der Waals surface area contributed by atoms with Crippen LogP contribution in [0.15, 0.2) is 0 Å². The minimum Gasteiger partial charge on any atom is -0.0625 e. The molecule has 2 saturated carbocycles. The maximum atomic E-state index is 6.36. The smallest absolute Gasteiger partial charge is 0.0339 e. The van der Waals surface area contributed by atoms with Crippen molar-refractivity contribution in [2.75, 3.05) is 0 Å². The second-order valence-electron chi connectivity index (χ2n) is 7.17. The van der Waals surface area contributed by atoms with E-state index in [-0.39, 0.29) is 0 Å². The van der Waals surface area contributed by atoms with E-state index in [4.69, 9.17) is 10.7 Å². The van der Waals surface area contributed by atoms with Crippen LogP contribution in [0.2, 0.25) is 0 Å². The Morgan fingerprint density at radius 2 is 1.11 bits per heavy atom. The van der Waals surface area contributed by atoms with Crippen molar-refractivity contribution >= 4 is 21.7 Å². The van der Waals surface area contributed by atoms with E-state index >= 15 is 0 Å². The first kappa shape index (κ1) is 15.0. The molecule has 0 aromatic carbocycles. The van der Waals surface area contributed by atoms with E-state index in [2.05, 4.69) is 20.8 Å². The van der Waals surface area contributed by atoms with Crippen LogP contribution in [0.5, 0.6) is 0 Å². The highest BCUT2D eigenvalue weighted by Crippen LogP contribution is 2.52. The Labute approximate surface area is 122 Å². The third-order valence-electron chi connectivity index (χ3n) is 5.82. The van der Waals surface area contributed by atoms with Gasteiger partial charge < -0.3 is 0 Å². The van der Waals surface area contributed by atoms with Crippen molar-refractivity contribution in [1.82, 2.24) is 0 Å². The third kappa shape index (κ3) is 3.20. The van der Waals surface area contributed by atoms with Gasteiger partial charge in [-0.2, -0.15) is 0 Å². The van der Waals surface area contributed by atoms with Crippen LogP contribution in [0.25, 0.3) is 0 Å². The van der Waals surface area contributed by atoms with Crippen LogP contribution in [-0.4, -0.2) is 4.75 Å². The Bertz CT molecular complexity index is 228. The molecule has 0 aliphatic heterocycles. The fourth-order valence-electron chi connectivity index (χ4n) is 4.13. The van der Waals surface area contributed by atoms with Crippen LogP contribution in [0, 0.1) is 23.7 Å². The molecule has 0 saturated heterocycles. The zero-order chi connectivity index (χ0) is 13.2. The summed E-state index contributed by atoms with van der Waals surface area (Å²) in [5, 5.41) is 0. The average Bonchev–Trinajstić information content (AvgIpc) is 2.39. The summed E-state index contributed by atoms with van der Waals surface area (Å²) in [5.41, 5.74) is 0. The van der Waals surface area contributed by atoms with Crippen molar-refractivity contribution in [3.8, 4) is 0 Å². The molecule has 0 bridgehead atoms. The lowest BCUT2D eigenvalue weighted by Crippen LogP contribution is -2.41. The number of hydrogen-bond acceptors (Lipinski definition) is 1. The summed E-state index contributed by atoms with van der Waals surface area (Å²) >= 11 is 0. The van der Waals surface area contributed by atoms with E-state index in [1.807, 2.05) is 0 Å². The second-order valence-corrected chi connectivity index (χ2v) is 8.67. The van der Waals surface area contributed by atoms with Crippen LogP contribution in [0.4, 0.5) is 0 Å². The maximum absolute atomic E-state index is 6.36. The quantitative estimate of drug-likeness (QED) is 0.588. The van der Waals surface area contributed by atoms with Gasteiger partial charge in [-0.15, -0.1) is 0 Å². The molecule has 0 unspecified atom stereocenters. The van der Waals surface area contributed by atoms with E-state index < -0.39 is 0 Å². The molecular weight excluding hydrogens is 260 g/mol. The van der Waals surface area contributed by atoms with Gasteiger partial charge in [0.05, 0.1) is 0 Å². The first-order valence-corrected chi connectivity index (χ1v) is 9.50. The van der Waals surface area contributed by atoms with E-state index in [0.29, 0.717) is 4.75 Å². The second kappa shape index (κ2) is 6.39. The lowest BCUT2D eigenvalue weighted by molar-refractivity contribution is 0.157. The molecule has 0 amide bonds. The lowest BCUT2D eigenvalue weighted by Gasteiger charge is -2.46. The van der Waals surface area contributed by atoms with Gasteiger partial charge in [-0.3, -0.25) is 0 Å². The predicted molar refractivity (Wildman–Crippen MR) is 84.1 cm³/mol. The minimum absolute atomic E-state index is 0.335. The van der Waals surface area contributed by atoms with Gasteiger partial charge in [0.2, 0.25) is 0 Å². The van der Waals surface area contributed by atoms with Crippen molar-refractivity contribution in [1.29, 1.82) is 0 Å². The van der Waals surface area contributed by atoms with E-state index in [0.717, 1.165) is 23.7 Å². The SMILES string of the molecule is CC1CCC(C(C)(SCl)C2CCC(C)CC2)CC1. The largest absolute Gasteiger partial charge is 0.0625 e. The fourth-order valence-corrected chi connectivity index (χ4v) is 5.61. The molecule has 18 heavy (non-hydrogen) atoms. The molecule has 2 rings (SSSR count). The monoisotopic (exact) mass is 288 g/mol. The Morgan fingerprint density at radius 3 is 1.39 bits per heavy atom. The molecule has 0 heterocycles. The Hall–Kier alpha value is 0.640. The molecule has 0 N–H and O–H groups in total. The van der Waals surface area contributed by atoms with Gasteiger partial charge in [0, 0.05) is 4.75 Å². The molecule has 2 aliphatic carbocycles. The first-order chi connectivity index (χ1) is 8.56. The highest BCUT2D eigenvalue weighted by Gasteiger charge is 2.43. The summed E-state index contributed by atoms with van der Waals surface area (Å²) in [6.45, 7) is 7.28. The third-order valence-corrected chi connectivity index (χ3v) is 7.82. The van der Waals surface area contributed by atoms with Crippen molar-refractivity contribution in [3.63, 3.8) is 0 Å². The zero-order valence-electron chi connectivity index (χ0n) is 12.3. The normalized spacial score (nSPS) is 41.3. The topological polar surface area (TPSA) is 0 Å². The summed E-state index contributed by atoms with van der Waals surface area (Å²) in [4.78, 5) is 0. The van der Waals surface area contributed by atoms with E-state index in [1.54, 1.807) is 11.0 Å². The number of hydrogen-bond donors (Lipinski definition) is 0. The number of rotatable bonds is 3. The fraction of sp³-hybridized carbons (Fsp3) is 1.00. The van der Waals surface area contributed by atoms with E-state index in [1.165, 1.54) is 51.4 Å². The number of halogens is 1. The van der Waals surface area contributed by atoms with Gasteiger partial charge in [0.1, 0.15) is 0 Å². The highest BCUT2D eigenvalue weighted by molar-refractivity contribution is 8.22. The van der Waals surface area contributed by atoms with Gasteiger partial charge in [0.25, 0.3) is 0 Å². The molecule has 106 valence electrons. The average molecular weight is 289 g/mol. The van der Waals surface area contributed by atoms with Gasteiger partial charge in [0.15, 0.2) is 0 Å². The van der Waals surface area contributed by atoms with Crippen LogP contribution >= 0.6 is 21.7 Å². The zero-order valence-corrected chi connectivity index (χ0v) is 13.8. The van der Waals surface area contributed by atoms with Crippen LogP contribution in [0.1, 0.15) is 72.1 Å². The summed E-state index contributed by atoms with van der Waals surface area (Å²) in [6.07, 6.45) is 11.3. The highest BCUT2D eigenvalue weighted by atomic mass is 35.7. The minimum atomic E-state index is 0.335. The molecule has 0 aromatic heterocycles. The Morgan fingerprint density at radius 1 is 0.778 bits per heavy atom. The van der Waals surface area contributed by atoms with Crippen LogP contribution in [-0.2, 0) is 0 Å². The summed E-state index contributed by atoms with van der Waals surface area (Å²) in [6, 6.07) is 0. The summed E-state index contributed by atoms with van der Waals surface area (Å²) in [5.74, 6) is 3.60. The molecule has 0 atom stereocenters. The first-order valence-electron chi connectivity index (χ1n) is 7.86. The van der Waals surface area contributed by atoms with Crippen LogP contribution < -0.4 is 0 Å². The lowest BCUT2D eigenvalue weighted by atomic mass is 9.67. The van der Waals surface area contributed by atoms with Crippen LogP contribution in [0.3, 0.4) is 0 Å². The standard InChI is InChI=1S/C16H29ClS/c1-12-4-8-14(9-5-12)16(3,18-17)15-10-6-13(2)7-11-15/h12-15H,4-11H2,1-3H3. The van der Waals surface area contributed by atoms with E-state index in [9.17, 15) is 0 Å². The Balaban J connectivity index is 2.00. The summed E-state index contributed by atoms with van der Waals surface area (Å²) in [7, 11) is 8.02. The molecule has 2 fully saturated rings. The van der Waals surface area contributed by atoms with Crippen molar-refractivity contribution in [2.24, 2.45) is 23.7 Å². The molecular formula is C16H29ClS. The van der Waals surface area contributed by atoms with Crippen molar-refractivity contribution in [2.45, 2.75) is 76.9 Å². The predicted octanol–water partition coefficient (Wildman–Crippen LogP) is 6.28. The molecule has 0 spiro atoms. The van der Waals surface area contributed by atoms with Crippen molar-refractivity contribution < 1.29 is 0 Å². The van der Waals surface area contributed by atoms with Gasteiger partial charge in [-0.25, -0.2) is 0 Å². The molecule has 2 heteroatoms. The summed E-state index contributed by atoms with van der Waals surface area (Å²) < 4.78 is 0.335. The van der Waals surface area contributed by atoms with Gasteiger partial charge >= 0.3 is 0 Å². The van der Waals surface area contributed by atoms with Gasteiger partial charge in [-0.1, -0.05) is 39.5 Å². The molecule has 0 radical (unpaired) electrons. The molecule has 0 nitrogen and oxygen atoms in total.